The van der Waals surface area contributed by atoms with Gasteiger partial charge in [-0.2, -0.15) is 4.31 Å². The molecule has 3 aromatic carbocycles. The number of carbonyl (C=O) groups excluding carboxylic acids is 1. The van der Waals surface area contributed by atoms with Crippen molar-refractivity contribution in [2.45, 2.75) is 17.9 Å². The fraction of sp³-hybridized carbons (Fsp3) is 0.296. The molecule has 1 fully saturated rings. The average Bonchev–Trinajstić information content (AvgIpc) is 2.89. The summed E-state index contributed by atoms with van der Waals surface area (Å²) in [5.41, 5.74) is 1.88. The van der Waals surface area contributed by atoms with Gasteiger partial charge in [0.15, 0.2) is 11.6 Å². The third-order valence-corrected chi connectivity index (χ3v) is 8.10. The van der Waals surface area contributed by atoms with Gasteiger partial charge in [-0.15, -0.1) is 0 Å². The maximum Gasteiger partial charge on any atom is 0.243 e. The lowest BCUT2D eigenvalue weighted by Gasteiger charge is -2.34. The van der Waals surface area contributed by atoms with Crippen LogP contribution < -0.4 is 5.32 Å². The number of hydrogen-bond acceptors (Lipinski definition) is 5. The molecule has 1 aliphatic heterocycles. The third kappa shape index (κ3) is 6.78. The zero-order valence-corrected chi connectivity index (χ0v) is 21.3. The number of nitrogens with one attached hydrogen (secondary N) is 1. The lowest BCUT2D eigenvalue weighted by Crippen LogP contribution is -2.49. The molecule has 0 saturated carbocycles. The Kier molecular flexibility index (Phi) is 8.65. The van der Waals surface area contributed by atoms with Gasteiger partial charge in [0.05, 0.1) is 11.5 Å². The summed E-state index contributed by atoms with van der Waals surface area (Å²) in [6, 6.07) is 19.2. The number of carbonyl (C=O) groups is 1. The molecule has 37 heavy (non-hydrogen) atoms. The molecule has 10 heteroatoms. The van der Waals surface area contributed by atoms with Gasteiger partial charge in [0.25, 0.3) is 0 Å². The summed E-state index contributed by atoms with van der Waals surface area (Å²) in [4.78, 5) is 13.5. The van der Waals surface area contributed by atoms with E-state index in [1.807, 2.05) is 30.3 Å². The van der Waals surface area contributed by atoms with E-state index in [4.69, 9.17) is 4.74 Å². The minimum atomic E-state index is -3.65. The number of amides is 1. The molecular formula is C27H29F2N3O4S. The van der Waals surface area contributed by atoms with Crippen LogP contribution in [0.15, 0.2) is 77.7 Å². The lowest BCUT2D eigenvalue weighted by atomic mass is 10.0. The molecule has 0 bridgehead atoms. The van der Waals surface area contributed by atoms with Gasteiger partial charge in [0.1, 0.15) is 6.10 Å². The highest BCUT2D eigenvalue weighted by Gasteiger charge is 2.28. The number of halogens is 2. The quantitative estimate of drug-likeness (QED) is 0.453. The van der Waals surface area contributed by atoms with Gasteiger partial charge in [-0.3, -0.25) is 9.69 Å². The van der Waals surface area contributed by atoms with E-state index in [0.717, 1.165) is 17.7 Å². The van der Waals surface area contributed by atoms with Crippen molar-refractivity contribution in [3.05, 3.63) is 95.6 Å². The second-order valence-corrected chi connectivity index (χ2v) is 10.7. The van der Waals surface area contributed by atoms with E-state index in [2.05, 4.69) is 10.2 Å². The van der Waals surface area contributed by atoms with Gasteiger partial charge in [-0.1, -0.05) is 36.4 Å². The van der Waals surface area contributed by atoms with E-state index in [9.17, 15) is 22.0 Å². The summed E-state index contributed by atoms with van der Waals surface area (Å²) >= 11 is 0. The molecular weight excluding hydrogens is 500 g/mol. The smallest absolute Gasteiger partial charge is 0.243 e. The van der Waals surface area contributed by atoms with Crippen LogP contribution in [0, 0.1) is 11.6 Å². The molecule has 1 aliphatic rings. The number of anilines is 1. The lowest BCUT2D eigenvalue weighted by molar-refractivity contribution is -0.114. The highest BCUT2D eigenvalue weighted by Crippen LogP contribution is 2.27. The van der Waals surface area contributed by atoms with Gasteiger partial charge >= 0.3 is 0 Å². The predicted octanol–water partition coefficient (Wildman–Crippen LogP) is 4.04. The number of rotatable bonds is 9. The van der Waals surface area contributed by atoms with Crippen LogP contribution in [0.5, 0.6) is 0 Å². The molecule has 0 aromatic heterocycles. The van der Waals surface area contributed by atoms with Crippen molar-refractivity contribution >= 4 is 21.6 Å². The van der Waals surface area contributed by atoms with Crippen molar-refractivity contribution in [2.75, 3.05) is 44.6 Å². The summed E-state index contributed by atoms with van der Waals surface area (Å²) in [5, 5.41) is 2.62. The van der Waals surface area contributed by atoms with E-state index in [1.165, 1.54) is 29.4 Å². The van der Waals surface area contributed by atoms with E-state index in [1.54, 1.807) is 12.1 Å². The number of hydrogen-bond donors (Lipinski definition) is 1. The molecule has 0 aliphatic carbocycles. The summed E-state index contributed by atoms with van der Waals surface area (Å²) in [6.07, 6.45) is -0.557. The van der Waals surface area contributed by atoms with Crippen molar-refractivity contribution in [1.29, 1.82) is 0 Å². The molecule has 1 saturated heterocycles. The van der Waals surface area contributed by atoms with Crippen LogP contribution in [-0.4, -0.2) is 62.9 Å². The van der Waals surface area contributed by atoms with Gasteiger partial charge in [-0.25, -0.2) is 17.2 Å². The fourth-order valence-electron chi connectivity index (χ4n) is 4.24. The summed E-state index contributed by atoms with van der Waals surface area (Å²) in [5.74, 6) is -2.06. The maximum absolute atomic E-state index is 13.9. The van der Waals surface area contributed by atoms with Crippen LogP contribution in [0.4, 0.5) is 14.5 Å². The Morgan fingerprint density at radius 3 is 2.22 bits per heavy atom. The fourth-order valence-corrected chi connectivity index (χ4v) is 5.67. The first kappa shape index (κ1) is 26.9. The normalized spacial score (nSPS) is 15.9. The molecule has 1 heterocycles. The predicted molar refractivity (Wildman–Crippen MR) is 137 cm³/mol. The summed E-state index contributed by atoms with van der Waals surface area (Å²) in [6.45, 7) is 4.02. The maximum atomic E-state index is 13.9. The third-order valence-electron chi connectivity index (χ3n) is 6.18. The second-order valence-electron chi connectivity index (χ2n) is 8.79. The topological polar surface area (TPSA) is 79.0 Å². The molecule has 1 atom stereocenters. The highest BCUT2D eigenvalue weighted by molar-refractivity contribution is 7.89. The van der Waals surface area contributed by atoms with E-state index < -0.39 is 27.8 Å². The van der Waals surface area contributed by atoms with Gasteiger partial charge in [-0.05, 0) is 47.5 Å². The van der Waals surface area contributed by atoms with Crippen molar-refractivity contribution in [2.24, 2.45) is 0 Å². The number of benzene rings is 3. The summed E-state index contributed by atoms with van der Waals surface area (Å²) in [7, 11) is -3.65. The first-order valence-electron chi connectivity index (χ1n) is 12.0. The van der Waals surface area contributed by atoms with E-state index in [0.29, 0.717) is 50.6 Å². The van der Waals surface area contributed by atoms with Gasteiger partial charge in [0.2, 0.25) is 15.9 Å². The SMILES string of the molecule is CC(=O)Nc1ccc(S(=O)(=O)N2CCN(CCOC(c3ccccc3)c3ccc(F)c(F)c3)CC2)cc1. The molecule has 0 spiro atoms. The van der Waals surface area contributed by atoms with Crippen molar-refractivity contribution in [1.82, 2.24) is 9.21 Å². The van der Waals surface area contributed by atoms with Crippen LogP contribution >= 0.6 is 0 Å². The Labute approximate surface area is 215 Å². The molecule has 7 nitrogen and oxygen atoms in total. The standard InChI is InChI=1S/C27H29F2N3O4S/c1-20(33)30-23-8-10-24(11-9-23)37(34,35)32-15-13-31(14-16-32)17-18-36-27(21-5-3-2-4-6-21)22-7-12-25(28)26(29)19-22/h2-12,19,27H,13-18H2,1H3,(H,30,33). The first-order chi connectivity index (χ1) is 17.7. The van der Waals surface area contributed by atoms with Crippen molar-refractivity contribution < 1.29 is 26.7 Å². The highest BCUT2D eigenvalue weighted by atomic mass is 32.2. The largest absolute Gasteiger partial charge is 0.367 e. The molecule has 1 unspecified atom stereocenters. The molecule has 0 radical (unpaired) electrons. The number of nitrogens with zero attached hydrogens (tertiary/aromatic N) is 2. The van der Waals surface area contributed by atoms with Gasteiger partial charge < -0.3 is 10.1 Å². The number of piperazine rings is 1. The van der Waals surface area contributed by atoms with E-state index >= 15 is 0 Å². The Morgan fingerprint density at radius 1 is 0.919 bits per heavy atom. The Balaban J connectivity index is 1.33. The van der Waals surface area contributed by atoms with Crippen LogP contribution in [-0.2, 0) is 19.6 Å². The second kappa shape index (κ2) is 11.9. The zero-order chi connectivity index (χ0) is 26.4. The minimum absolute atomic E-state index is 0.176. The van der Waals surface area contributed by atoms with Crippen molar-refractivity contribution in [3.8, 4) is 0 Å². The number of ether oxygens (including phenoxy) is 1. The first-order valence-corrected chi connectivity index (χ1v) is 13.4. The molecule has 4 rings (SSSR count). The average molecular weight is 530 g/mol. The zero-order valence-electron chi connectivity index (χ0n) is 20.4. The Morgan fingerprint density at radius 2 is 1.59 bits per heavy atom. The monoisotopic (exact) mass is 529 g/mol. The van der Waals surface area contributed by atoms with Crippen molar-refractivity contribution in [3.63, 3.8) is 0 Å². The van der Waals surface area contributed by atoms with E-state index in [-0.39, 0.29) is 10.8 Å². The molecule has 1 amide bonds. The summed E-state index contributed by atoms with van der Waals surface area (Å²) < 4.78 is 61.0. The Bertz CT molecular complexity index is 1310. The molecule has 1 N–H and O–H groups in total. The Hall–Kier alpha value is -3.18. The van der Waals surface area contributed by atoms with Gasteiger partial charge in [0, 0.05) is 45.3 Å². The van der Waals surface area contributed by atoms with Crippen LogP contribution in [0.25, 0.3) is 0 Å². The minimum Gasteiger partial charge on any atom is -0.367 e. The van der Waals surface area contributed by atoms with Crippen LogP contribution in [0.2, 0.25) is 0 Å². The number of sulfonamides is 1. The van der Waals surface area contributed by atoms with Crippen LogP contribution in [0.1, 0.15) is 24.2 Å². The molecule has 196 valence electrons. The molecule has 3 aromatic rings. The van der Waals surface area contributed by atoms with Crippen LogP contribution in [0.3, 0.4) is 0 Å².